The third kappa shape index (κ3) is 1.73. The second kappa shape index (κ2) is 3.43. The van der Waals surface area contributed by atoms with E-state index in [9.17, 15) is 10.1 Å². The van der Waals surface area contributed by atoms with E-state index in [1.54, 1.807) is 13.0 Å². The zero-order chi connectivity index (χ0) is 11.0. The lowest BCUT2D eigenvalue weighted by atomic mass is 10.2. The Morgan fingerprint density at radius 1 is 1.47 bits per heavy atom. The Balaban J connectivity index is 2.86. The van der Waals surface area contributed by atoms with E-state index in [1.807, 2.05) is 0 Å². The fraction of sp³-hybridized carbons (Fsp3) is 0.111. The predicted octanol–water partition coefficient (Wildman–Crippen LogP) is 2.50. The third-order valence-corrected chi connectivity index (χ3v) is 2.12. The largest absolute Gasteiger partial charge is 0.297 e. The summed E-state index contributed by atoms with van der Waals surface area (Å²) in [6.45, 7) is 1.76. The van der Waals surface area contributed by atoms with Crippen LogP contribution in [0.3, 0.4) is 0 Å². The second-order valence-electron chi connectivity index (χ2n) is 3.10. The molecule has 0 amide bonds. The third-order valence-electron chi connectivity index (χ3n) is 1.94. The van der Waals surface area contributed by atoms with E-state index < -0.39 is 4.92 Å². The fourth-order valence-electron chi connectivity index (χ4n) is 1.36. The lowest BCUT2D eigenvalue weighted by Gasteiger charge is -2.00. The summed E-state index contributed by atoms with van der Waals surface area (Å²) >= 11 is 5.66. The molecule has 1 aromatic carbocycles. The summed E-state index contributed by atoms with van der Waals surface area (Å²) in [6, 6.07) is 3.17. The molecule has 1 heterocycles. The quantitative estimate of drug-likeness (QED) is 0.550. The maximum absolute atomic E-state index is 10.8. The SMILES string of the molecule is Cc1cc([N+](=O)[O-])c2ncc(Cl)nc2c1. The molecule has 1 aromatic heterocycles. The van der Waals surface area contributed by atoms with Crippen molar-refractivity contribution in [3.63, 3.8) is 0 Å². The van der Waals surface area contributed by atoms with E-state index in [2.05, 4.69) is 9.97 Å². The van der Waals surface area contributed by atoms with Gasteiger partial charge in [0.25, 0.3) is 5.69 Å². The minimum atomic E-state index is -0.474. The van der Waals surface area contributed by atoms with Crippen molar-refractivity contribution in [1.29, 1.82) is 0 Å². The number of nitro groups is 1. The van der Waals surface area contributed by atoms with Crippen LogP contribution in [0.25, 0.3) is 11.0 Å². The minimum absolute atomic E-state index is 0.0471. The number of nitro benzene ring substituents is 1. The van der Waals surface area contributed by atoms with Gasteiger partial charge in [-0.1, -0.05) is 11.6 Å². The Morgan fingerprint density at radius 3 is 2.87 bits per heavy atom. The minimum Gasteiger partial charge on any atom is -0.258 e. The Labute approximate surface area is 89.9 Å². The molecule has 0 saturated carbocycles. The number of aryl methyl sites for hydroxylation is 1. The van der Waals surface area contributed by atoms with Crippen LogP contribution in [0.15, 0.2) is 18.3 Å². The van der Waals surface area contributed by atoms with E-state index in [1.165, 1.54) is 12.3 Å². The van der Waals surface area contributed by atoms with E-state index >= 15 is 0 Å². The molecule has 0 saturated heterocycles. The van der Waals surface area contributed by atoms with Crippen LogP contribution in [-0.2, 0) is 0 Å². The first kappa shape index (κ1) is 9.79. The number of hydrogen-bond donors (Lipinski definition) is 0. The highest BCUT2D eigenvalue weighted by atomic mass is 35.5. The Bertz CT molecular complexity index is 551. The van der Waals surface area contributed by atoms with Gasteiger partial charge in [0.2, 0.25) is 0 Å². The molecule has 0 aliphatic carbocycles. The Hall–Kier alpha value is -1.75. The average molecular weight is 224 g/mol. The zero-order valence-electron chi connectivity index (χ0n) is 7.77. The molecule has 0 spiro atoms. The fourth-order valence-corrected chi connectivity index (χ4v) is 1.50. The molecule has 0 fully saturated rings. The van der Waals surface area contributed by atoms with Crippen molar-refractivity contribution in [3.8, 4) is 0 Å². The topological polar surface area (TPSA) is 68.9 Å². The number of nitrogens with zero attached hydrogens (tertiary/aromatic N) is 3. The number of halogens is 1. The van der Waals surface area contributed by atoms with Gasteiger partial charge in [0.05, 0.1) is 16.6 Å². The van der Waals surface area contributed by atoms with Gasteiger partial charge in [0, 0.05) is 6.07 Å². The van der Waals surface area contributed by atoms with Gasteiger partial charge in [-0.3, -0.25) is 10.1 Å². The van der Waals surface area contributed by atoms with Gasteiger partial charge in [0.15, 0.2) is 5.52 Å². The summed E-state index contributed by atoms with van der Waals surface area (Å²) in [5.74, 6) is 0. The highest BCUT2D eigenvalue weighted by molar-refractivity contribution is 6.29. The van der Waals surface area contributed by atoms with E-state index in [-0.39, 0.29) is 16.4 Å². The highest BCUT2D eigenvalue weighted by Crippen LogP contribution is 2.24. The van der Waals surface area contributed by atoms with Gasteiger partial charge in [0.1, 0.15) is 5.15 Å². The van der Waals surface area contributed by atoms with Crippen molar-refractivity contribution in [2.75, 3.05) is 0 Å². The van der Waals surface area contributed by atoms with Gasteiger partial charge >= 0.3 is 0 Å². The number of hydrogen-bond acceptors (Lipinski definition) is 4. The molecule has 5 nitrogen and oxygen atoms in total. The summed E-state index contributed by atoms with van der Waals surface area (Å²) in [6.07, 6.45) is 1.30. The maximum Gasteiger partial charge on any atom is 0.297 e. The smallest absolute Gasteiger partial charge is 0.258 e. The van der Waals surface area contributed by atoms with Crippen molar-refractivity contribution in [1.82, 2.24) is 9.97 Å². The molecule has 6 heteroatoms. The van der Waals surface area contributed by atoms with Crippen molar-refractivity contribution in [2.45, 2.75) is 6.92 Å². The molecule has 0 N–H and O–H groups in total. The second-order valence-corrected chi connectivity index (χ2v) is 3.49. The number of fused-ring (bicyclic) bond motifs is 1. The van der Waals surface area contributed by atoms with Crippen LogP contribution < -0.4 is 0 Å². The molecular formula is C9H6ClN3O2. The van der Waals surface area contributed by atoms with E-state index in [4.69, 9.17) is 11.6 Å². The molecule has 76 valence electrons. The number of non-ortho nitro benzene ring substituents is 1. The molecular weight excluding hydrogens is 218 g/mol. The zero-order valence-corrected chi connectivity index (χ0v) is 8.52. The van der Waals surface area contributed by atoms with Crippen molar-refractivity contribution in [2.24, 2.45) is 0 Å². The molecule has 0 aliphatic rings. The molecule has 0 bridgehead atoms. The van der Waals surface area contributed by atoms with Gasteiger partial charge in [-0.05, 0) is 18.6 Å². The molecule has 0 atom stereocenters. The monoisotopic (exact) mass is 223 g/mol. The van der Waals surface area contributed by atoms with Gasteiger partial charge in [-0.15, -0.1) is 0 Å². The highest BCUT2D eigenvalue weighted by Gasteiger charge is 2.14. The molecule has 0 unspecified atom stereocenters. The molecule has 15 heavy (non-hydrogen) atoms. The number of aromatic nitrogens is 2. The van der Waals surface area contributed by atoms with Crippen LogP contribution in [0.4, 0.5) is 5.69 Å². The molecule has 2 rings (SSSR count). The lowest BCUT2D eigenvalue weighted by Crippen LogP contribution is -1.94. The summed E-state index contributed by atoms with van der Waals surface area (Å²) in [4.78, 5) is 18.2. The maximum atomic E-state index is 10.8. The Morgan fingerprint density at radius 2 is 2.20 bits per heavy atom. The van der Waals surface area contributed by atoms with Crippen LogP contribution in [0, 0.1) is 17.0 Å². The summed E-state index contributed by atoms with van der Waals surface area (Å²) in [5.41, 5.74) is 1.41. The van der Waals surface area contributed by atoms with E-state index in [0.29, 0.717) is 5.52 Å². The van der Waals surface area contributed by atoms with Gasteiger partial charge in [-0.25, -0.2) is 9.97 Å². The van der Waals surface area contributed by atoms with Crippen LogP contribution in [0.2, 0.25) is 5.15 Å². The standard InChI is InChI=1S/C9H6ClN3O2/c1-5-2-6-9(7(3-5)13(14)15)11-4-8(10)12-6/h2-4H,1H3. The van der Waals surface area contributed by atoms with Crippen LogP contribution in [0.1, 0.15) is 5.56 Å². The first-order valence-electron chi connectivity index (χ1n) is 4.15. The summed E-state index contributed by atoms with van der Waals surface area (Å²) in [7, 11) is 0. The van der Waals surface area contributed by atoms with Crippen molar-refractivity contribution < 1.29 is 4.92 Å². The molecule has 0 aliphatic heterocycles. The number of rotatable bonds is 1. The van der Waals surface area contributed by atoms with Crippen molar-refractivity contribution >= 4 is 28.3 Å². The predicted molar refractivity (Wildman–Crippen MR) is 55.9 cm³/mol. The average Bonchev–Trinajstić information content (AvgIpc) is 2.15. The normalized spacial score (nSPS) is 10.5. The van der Waals surface area contributed by atoms with Gasteiger partial charge < -0.3 is 0 Å². The lowest BCUT2D eigenvalue weighted by molar-refractivity contribution is -0.383. The molecule has 0 radical (unpaired) electrons. The number of benzene rings is 1. The van der Waals surface area contributed by atoms with Crippen molar-refractivity contribution in [3.05, 3.63) is 39.2 Å². The first-order chi connectivity index (χ1) is 7.08. The van der Waals surface area contributed by atoms with Crippen LogP contribution in [0.5, 0.6) is 0 Å². The van der Waals surface area contributed by atoms with Gasteiger partial charge in [-0.2, -0.15) is 0 Å². The summed E-state index contributed by atoms with van der Waals surface area (Å²) < 4.78 is 0. The first-order valence-corrected chi connectivity index (χ1v) is 4.53. The van der Waals surface area contributed by atoms with E-state index in [0.717, 1.165) is 5.56 Å². The molecule has 2 aromatic rings. The van der Waals surface area contributed by atoms with Crippen LogP contribution >= 0.6 is 11.6 Å². The van der Waals surface area contributed by atoms with Crippen LogP contribution in [-0.4, -0.2) is 14.9 Å². The summed E-state index contributed by atoms with van der Waals surface area (Å²) in [5, 5.41) is 11.0. The Kier molecular flexibility index (Phi) is 2.24.